The van der Waals surface area contributed by atoms with Crippen molar-refractivity contribution >= 4 is 30.1 Å². The molecular weight excluding hydrogens is 456 g/mol. The largest absolute Gasteiger partial charge is 0.508 e. The molecule has 0 aliphatic carbocycles. The third kappa shape index (κ3) is 7.95. The van der Waals surface area contributed by atoms with Gasteiger partial charge in [-0.05, 0) is 41.3 Å². The minimum absolute atomic E-state index is 0. The van der Waals surface area contributed by atoms with Crippen LogP contribution >= 0.6 is 12.4 Å². The van der Waals surface area contributed by atoms with Crippen molar-refractivity contribution in [3.8, 4) is 5.75 Å². The molecule has 0 saturated heterocycles. The number of H-pyrrole nitrogens is 1. The van der Waals surface area contributed by atoms with Crippen LogP contribution in [0.1, 0.15) is 28.3 Å². The summed E-state index contributed by atoms with van der Waals surface area (Å²) >= 11 is 0. The molecule has 180 valence electrons. The van der Waals surface area contributed by atoms with E-state index in [1.165, 1.54) is 0 Å². The number of rotatable bonds is 11. The first kappa shape index (κ1) is 26.4. The quantitative estimate of drug-likeness (QED) is 0.163. The van der Waals surface area contributed by atoms with Gasteiger partial charge in [-0.25, -0.2) is 0 Å². The molecule has 34 heavy (non-hydrogen) atoms. The monoisotopic (exact) mass is 484 g/mol. The minimum Gasteiger partial charge on any atom is -0.508 e. The standard InChI is InChI=1S/C24H28N6O3.ClH/c25-23(26)18-5-1-17(2-6-18)13-29-22(19-10-11-27-14-19)24(33)30-15-21(32)28-12-9-16-3-7-20(31)8-4-16;/h1-8,10-11,14,22,27,29,31H,9,12-13,15H2,(H3,25,26)(H,28,32)(H,30,33);1H. The van der Waals surface area contributed by atoms with E-state index >= 15 is 0 Å². The number of carbonyl (C=O) groups is 2. The Hall–Kier alpha value is -3.82. The predicted octanol–water partition coefficient (Wildman–Crippen LogP) is 1.73. The van der Waals surface area contributed by atoms with Crippen molar-refractivity contribution in [2.45, 2.75) is 19.0 Å². The van der Waals surface area contributed by atoms with Gasteiger partial charge < -0.3 is 26.5 Å². The van der Waals surface area contributed by atoms with Crippen LogP contribution in [0.25, 0.3) is 0 Å². The van der Waals surface area contributed by atoms with Gasteiger partial charge in [0.2, 0.25) is 11.8 Å². The van der Waals surface area contributed by atoms with Crippen molar-refractivity contribution in [1.82, 2.24) is 20.9 Å². The second-order valence-electron chi connectivity index (χ2n) is 7.55. The number of nitrogen functional groups attached to an aromatic ring is 1. The number of halogens is 1. The average Bonchev–Trinajstić information content (AvgIpc) is 3.34. The van der Waals surface area contributed by atoms with Crippen molar-refractivity contribution in [1.29, 1.82) is 5.41 Å². The fourth-order valence-corrected chi connectivity index (χ4v) is 3.24. The van der Waals surface area contributed by atoms with Crippen LogP contribution in [0.5, 0.6) is 5.75 Å². The number of hydrogen-bond acceptors (Lipinski definition) is 5. The number of phenolic OH excluding ortho intramolecular Hbond substituents is 1. The first-order valence-corrected chi connectivity index (χ1v) is 10.5. The van der Waals surface area contributed by atoms with Gasteiger partial charge in [-0.2, -0.15) is 0 Å². The van der Waals surface area contributed by atoms with Gasteiger partial charge >= 0.3 is 0 Å². The zero-order chi connectivity index (χ0) is 23.6. The highest BCUT2D eigenvalue weighted by Gasteiger charge is 2.21. The predicted molar refractivity (Wildman–Crippen MR) is 133 cm³/mol. The molecular formula is C24H29ClN6O3. The molecule has 1 heterocycles. The topological polar surface area (TPSA) is 156 Å². The molecule has 1 unspecified atom stereocenters. The number of hydrogen-bond donors (Lipinski definition) is 7. The summed E-state index contributed by atoms with van der Waals surface area (Å²) in [4.78, 5) is 27.9. The van der Waals surface area contributed by atoms with E-state index in [0.717, 1.165) is 16.7 Å². The van der Waals surface area contributed by atoms with Gasteiger partial charge in [0.05, 0.1) is 6.54 Å². The summed E-state index contributed by atoms with van der Waals surface area (Å²) < 4.78 is 0. The fraction of sp³-hybridized carbons (Fsp3) is 0.208. The summed E-state index contributed by atoms with van der Waals surface area (Å²) in [6.07, 6.45) is 4.08. The number of benzene rings is 2. The van der Waals surface area contributed by atoms with Crippen LogP contribution < -0.4 is 21.7 Å². The van der Waals surface area contributed by atoms with Crippen molar-refractivity contribution in [3.05, 3.63) is 89.2 Å². The van der Waals surface area contributed by atoms with E-state index in [2.05, 4.69) is 20.9 Å². The molecule has 2 aromatic carbocycles. The highest BCUT2D eigenvalue weighted by atomic mass is 35.5. The van der Waals surface area contributed by atoms with Gasteiger partial charge in [-0.1, -0.05) is 36.4 Å². The number of phenols is 1. The Balaban J connectivity index is 0.00000408. The van der Waals surface area contributed by atoms with Crippen LogP contribution in [0.15, 0.2) is 67.0 Å². The molecule has 0 saturated carbocycles. The highest BCUT2D eigenvalue weighted by molar-refractivity contribution is 5.94. The van der Waals surface area contributed by atoms with E-state index in [0.29, 0.717) is 25.1 Å². The maximum Gasteiger partial charge on any atom is 0.242 e. The molecule has 9 nitrogen and oxygen atoms in total. The first-order chi connectivity index (χ1) is 15.9. The summed E-state index contributed by atoms with van der Waals surface area (Å²) in [5, 5.41) is 25.4. The second-order valence-corrected chi connectivity index (χ2v) is 7.55. The molecule has 0 aliphatic rings. The summed E-state index contributed by atoms with van der Waals surface area (Å²) in [6, 6.07) is 15.2. The number of nitrogens with two attached hydrogens (primary N) is 1. The van der Waals surface area contributed by atoms with Crippen LogP contribution in [0.2, 0.25) is 0 Å². The summed E-state index contributed by atoms with van der Waals surface area (Å²) in [7, 11) is 0. The van der Waals surface area contributed by atoms with E-state index in [9.17, 15) is 14.7 Å². The molecule has 0 spiro atoms. The van der Waals surface area contributed by atoms with Gasteiger partial charge in [0.25, 0.3) is 0 Å². The third-order valence-electron chi connectivity index (χ3n) is 5.09. The smallest absolute Gasteiger partial charge is 0.242 e. The number of aromatic nitrogens is 1. The van der Waals surface area contributed by atoms with Gasteiger partial charge in [-0.3, -0.25) is 20.3 Å². The molecule has 0 aliphatic heterocycles. The Morgan fingerprint density at radius 3 is 2.29 bits per heavy atom. The molecule has 2 amide bonds. The Morgan fingerprint density at radius 1 is 1.00 bits per heavy atom. The average molecular weight is 485 g/mol. The van der Waals surface area contributed by atoms with Crippen molar-refractivity contribution in [2.75, 3.05) is 13.1 Å². The molecule has 3 aromatic rings. The lowest BCUT2D eigenvalue weighted by Crippen LogP contribution is -2.42. The Morgan fingerprint density at radius 2 is 1.68 bits per heavy atom. The van der Waals surface area contributed by atoms with E-state index in [1.807, 2.05) is 12.1 Å². The zero-order valence-corrected chi connectivity index (χ0v) is 19.3. The Bertz CT molecular complexity index is 1070. The molecule has 0 radical (unpaired) electrons. The number of aromatic amines is 1. The number of amides is 2. The first-order valence-electron chi connectivity index (χ1n) is 10.5. The van der Waals surface area contributed by atoms with Crippen molar-refractivity contribution in [3.63, 3.8) is 0 Å². The SMILES string of the molecule is Cl.N=C(N)c1ccc(CNC(C(=O)NCC(=O)NCCc2ccc(O)cc2)c2cc[nH]c2)cc1. The van der Waals surface area contributed by atoms with E-state index in [1.54, 1.807) is 54.9 Å². The summed E-state index contributed by atoms with van der Waals surface area (Å²) in [5.41, 5.74) is 8.79. The normalized spacial score (nSPS) is 11.2. The van der Waals surface area contributed by atoms with Crippen LogP contribution in [0.3, 0.4) is 0 Å². The molecule has 3 rings (SSSR count). The highest BCUT2D eigenvalue weighted by Crippen LogP contribution is 2.14. The lowest BCUT2D eigenvalue weighted by atomic mass is 10.1. The van der Waals surface area contributed by atoms with Crippen molar-refractivity contribution in [2.24, 2.45) is 5.73 Å². The summed E-state index contributed by atoms with van der Waals surface area (Å²) in [5.74, 6) is -0.400. The number of nitrogens with one attached hydrogen (secondary N) is 5. The van der Waals surface area contributed by atoms with Crippen LogP contribution in [-0.4, -0.2) is 40.8 Å². The molecule has 8 N–H and O–H groups in total. The van der Waals surface area contributed by atoms with Gasteiger partial charge in [0.1, 0.15) is 17.6 Å². The lowest BCUT2D eigenvalue weighted by Gasteiger charge is -2.18. The van der Waals surface area contributed by atoms with Gasteiger partial charge in [-0.15, -0.1) is 12.4 Å². The molecule has 0 bridgehead atoms. The van der Waals surface area contributed by atoms with Gasteiger partial charge in [0.15, 0.2) is 0 Å². The number of amidine groups is 1. The number of carbonyl (C=O) groups excluding carboxylic acids is 2. The lowest BCUT2D eigenvalue weighted by molar-refractivity contribution is -0.127. The number of aromatic hydroxyl groups is 1. The fourth-order valence-electron chi connectivity index (χ4n) is 3.24. The van der Waals surface area contributed by atoms with Crippen molar-refractivity contribution < 1.29 is 14.7 Å². The molecule has 1 atom stereocenters. The van der Waals surface area contributed by atoms with Crippen LogP contribution in [-0.2, 0) is 22.6 Å². The van der Waals surface area contributed by atoms with E-state index in [4.69, 9.17) is 11.1 Å². The molecule has 0 fully saturated rings. The maximum absolute atomic E-state index is 12.8. The van der Waals surface area contributed by atoms with Gasteiger partial charge in [0, 0.05) is 31.0 Å². The zero-order valence-electron chi connectivity index (χ0n) is 18.5. The Kier molecular flexibility index (Phi) is 10.1. The van der Waals surface area contributed by atoms with E-state index in [-0.39, 0.29) is 42.4 Å². The van der Waals surface area contributed by atoms with Crippen LogP contribution in [0, 0.1) is 5.41 Å². The van der Waals surface area contributed by atoms with E-state index < -0.39 is 6.04 Å². The van der Waals surface area contributed by atoms with Crippen LogP contribution in [0.4, 0.5) is 0 Å². The third-order valence-corrected chi connectivity index (χ3v) is 5.09. The second kappa shape index (κ2) is 13.0. The Labute approximate surface area is 204 Å². The molecule has 10 heteroatoms. The summed E-state index contributed by atoms with van der Waals surface area (Å²) in [6.45, 7) is 0.708. The maximum atomic E-state index is 12.8. The molecule has 1 aromatic heterocycles. The minimum atomic E-state index is -0.645.